The van der Waals surface area contributed by atoms with Gasteiger partial charge in [0, 0.05) is 13.0 Å². The van der Waals surface area contributed by atoms with E-state index in [9.17, 15) is 9.59 Å². The van der Waals surface area contributed by atoms with E-state index in [0.717, 1.165) is 51.6 Å². The molecule has 2 heterocycles. The number of esters is 1. The lowest BCUT2D eigenvalue weighted by Crippen LogP contribution is -2.48. The van der Waals surface area contributed by atoms with Crippen LogP contribution >= 0.6 is 0 Å². The molecule has 120 valence electrons. The van der Waals surface area contributed by atoms with Crippen LogP contribution in [0.5, 0.6) is 0 Å². The fourth-order valence-electron chi connectivity index (χ4n) is 3.36. The second-order valence-corrected chi connectivity index (χ2v) is 6.08. The molecule has 0 aromatic rings. The highest BCUT2D eigenvalue weighted by molar-refractivity contribution is 5.84. The zero-order valence-corrected chi connectivity index (χ0v) is 13.1. The highest BCUT2D eigenvalue weighted by atomic mass is 16.5. The number of carbonyl (C=O) groups excluding carboxylic acids is 2. The zero-order valence-electron chi connectivity index (χ0n) is 13.1. The topological polar surface area (TPSA) is 58.6 Å². The van der Waals surface area contributed by atoms with Crippen LogP contribution in [0.3, 0.4) is 0 Å². The van der Waals surface area contributed by atoms with E-state index in [4.69, 9.17) is 4.74 Å². The first-order valence-corrected chi connectivity index (χ1v) is 8.39. The molecule has 2 aliphatic rings. The van der Waals surface area contributed by atoms with Crippen molar-refractivity contribution >= 4 is 11.9 Å². The Morgan fingerprint density at radius 2 is 1.95 bits per heavy atom. The second kappa shape index (κ2) is 8.37. The highest BCUT2D eigenvalue weighted by Crippen LogP contribution is 2.22. The summed E-state index contributed by atoms with van der Waals surface area (Å²) in [5, 5.41) is 3.35. The van der Waals surface area contributed by atoms with Crippen LogP contribution < -0.4 is 5.32 Å². The average Bonchev–Trinajstić information content (AvgIpc) is 2.54. The Bertz CT molecular complexity index is 353. The van der Waals surface area contributed by atoms with Gasteiger partial charge < -0.3 is 15.0 Å². The van der Waals surface area contributed by atoms with Gasteiger partial charge >= 0.3 is 5.97 Å². The minimum atomic E-state index is -0.348. The molecule has 2 aliphatic heterocycles. The van der Waals surface area contributed by atoms with Gasteiger partial charge in [-0.15, -0.1) is 0 Å². The molecule has 1 amide bonds. The van der Waals surface area contributed by atoms with E-state index in [0.29, 0.717) is 25.5 Å². The lowest BCUT2D eigenvalue weighted by Gasteiger charge is -2.34. The Morgan fingerprint density at radius 3 is 2.67 bits per heavy atom. The molecular weight excluding hydrogens is 268 g/mol. The van der Waals surface area contributed by atoms with Gasteiger partial charge in [-0.2, -0.15) is 0 Å². The van der Waals surface area contributed by atoms with Crippen LogP contribution in [-0.2, 0) is 14.3 Å². The maximum atomic E-state index is 12.5. The summed E-state index contributed by atoms with van der Waals surface area (Å²) in [6.07, 6.45) is 6.59. The summed E-state index contributed by atoms with van der Waals surface area (Å²) in [7, 11) is 0. The molecule has 5 nitrogen and oxygen atoms in total. The number of nitrogens with zero attached hydrogens (tertiary/aromatic N) is 1. The first kappa shape index (κ1) is 16.3. The molecule has 0 bridgehead atoms. The van der Waals surface area contributed by atoms with Gasteiger partial charge in [-0.05, 0) is 64.5 Å². The van der Waals surface area contributed by atoms with E-state index in [1.54, 1.807) is 4.90 Å². The van der Waals surface area contributed by atoms with E-state index < -0.39 is 0 Å². The molecule has 1 atom stereocenters. The van der Waals surface area contributed by atoms with E-state index in [2.05, 4.69) is 5.32 Å². The van der Waals surface area contributed by atoms with Gasteiger partial charge in [0.05, 0.1) is 6.61 Å². The summed E-state index contributed by atoms with van der Waals surface area (Å²) in [6, 6.07) is -0.348. The van der Waals surface area contributed by atoms with Crippen molar-refractivity contribution < 1.29 is 14.3 Å². The van der Waals surface area contributed by atoms with Crippen LogP contribution in [0.2, 0.25) is 0 Å². The molecule has 0 radical (unpaired) electrons. The van der Waals surface area contributed by atoms with Crippen LogP contribution in [-0.4, -0.2) is 49.1 Å². The SMILES string of the molecule is CCOC(=O)C1CCCCN1C(=O)CCC1CCNCC1. The number of rotatable bonds is 5. The molecule has 0 spiro atoms. The predicted octanol–water partition coefficient (Wildman–Crippen LogP) is 1.71. The van der Waals surface area contributed by atoms with Crippen LogP contribution in [0.1, 0.15) is 51.9 Å². The molecule has 0 aliphatic carbocycles. The Hall–Kier alpha value is -1.10. The smallest absolute Gasteiger partial charge is 0.328 e. The first-order chi connectivity index (χ1) is 10.2. The molecule has 2 saturated heterocycles. The summed E-state index contributed by atoms with van der Waals surface area (Å²) >= 11 is 0. The van der Waals surface area contributed by atoms with Gasteiger partial charge in [0.1, 0.15) is 6.04 Å². The molecule has 2 fully saturated rings. The largest absolute Gasteiger partial charge is 0.464 e. The number of nitrogens with one attached hydrogen (secondary N) is 1. The fourth-order valence-corrected chi connectivity index (χ4v) is 3.36. The second-order valence-electron chi connectivity index (χ2n) is 6.08. The van der Waals surface area contributed by atoms with Crippen molar-refractivity contribution in [3.63, 3.8) is 0 Å². The molecule has 0 aromatic carbocycles. The van der Waals surface area contributed by atoms with E-state index in [1.807, 2.05) is 6.92 Å². The van der Waals surface area contributed by atoms with Crippen molar-refractivity contribution in [2.75, 3.05) is 26.2 Å². The Labute approximate surface area is 127 Å². The third-order valence-electron chi connectivity index (χ3n) is 4.61. The number of amides is 1. The number of ether oxygens (including phenoxy) is 1. The molecular formula is C16H28N2O3. The molecule has 0 aromatic heterocycles. The summed E-state index contributed by atoms with van der Waals surface area (Å²) < 4.78 is 5.12. The van der Waals surface area contributed by atoms with Gasteiger partial charge in [-0.3, -0.25) is 4.79 Å². The van der Waals surface area contributed by atoms with Gasteiger partial charge in [-0.1, -0.05) is 0 Å². The van der Waals surface area contributed by atoms with Crippen LogP contribution in [0, 0.1) is 5.92 Å². The Balaban J connectivity index is 1.84. The predicted molar refractivity (Wildman–Crippen MR) is 80.8 cm³/mol. The molecule has 21 heavy (non-hydrogen) atoms. The number of hydrogen-bond donors (Lipinski definition) is 1. The standard InChI is InChI=1S/C16H28N2O3/c1-2-21-16(20)14-5-3-4-12-18(14)15(19)7-6-13-8-10-17-11-9-13/h13-14,17H,2-12H2,1H3. The molecule has 1 unspecified atom stereocenters. The summed E-state index contributed by atoms with van der Waals surface area (Å²) in [6.45, 7) is 5.02. The van der Waals surface area contributed by atoms with Crippen molar-refractivity contribution in [2.45, 2.75) is 57.9 Å². The quantitative estimate of drug-likeness (QED) is 0.785. The number of piperidine rings is 2. The lowest BCUT2D eigenvalue weighted by atomic mass is 9.92. The Morgan fingerprint density at radius 1 is 1.19 bits per heavy atom. The number of carbonyl (C=O) groups is 2. The fraction of sp³-hybridized carbons (Fsp3) is 0.875. The zero-order chi connectivity index (χ0) is 15.1. The third-order valence-corrected chi connectivity index (χ3v) is 4.61. The average molecular weight is 296 g/mol. The van der Waals surface area contributed by atoms with Gasteiger partial charge in [-0.25, -0.2) is 4.79 Å². The van der Waals surface area contributed by atoms with Crippen molar-refractivity contribution in [3.05, 3.63) is 0 Å². The van der Waals surface area contributed by atoms with Gasteiger partial charge in [0.2, 0.25) is 5.91 Å². The van der Waals surface area contributed by atoms with Crippen LogP contribution in [0.4, 0.5) is 0 Å². The maximum absolute atomic E-state index is 12.5. The lowest BCUT2D eigenvalue weighted by molar-refractivity contribution is -0.156. The maximum Gasteiger partial charge on any atom is 0.328 e. The Kier molecular flexibility index (Phi) is 6.49. The van der Waals surface area contributed by atoms with Crippen molar-refractivity contribution in [2.24, 2.45) is 5.92 Å². The summed E-state index contributed by atoms with van der Waals surface area (Å²) in [5.41, 5.74) is 0. The van der Waals surface area contributed by atoms with Crippen molar-refractivity contribution in [3.8, 4) is 0 Å². The molecule has 5 heteroatoms. The third kappa shape index (κ3) is 4.70. The highest BCUT2D eigenvalue weighted by Gasteiger charge is 2.33. The molecule has 1 N–H and O–H groups in total. The summed E-state index contributed by atoms with van der Waals surface area (Å²) in [5.74, 6) is 0.555. The van der Waals surface area contributed by atoms with Crippen LogP contribution in [0.15, 0.2) is 0 Å². The minimum absolute atomic E-state index is 0.131. The first-order valence-electron chi connectivity index (χ1n) is 8.39. The molecule has 0 saturated carbocycles. The van der Waals surface area contributed by atoms with E-state index in [1.165, 1.54) is 0 Å². The van der Waals surface area contributed by atoms with Crippen molar-refractivity contribution in [1.29, 1.82) is 0 Å². The van der Waals surface area contributed by atoms with E-state index in [-0.39, 0.29) is 17.9 Å². The van der Waals surface area contributed by atoms with Gasteiger partial charge in [0.15, 0.2) is 0 Å². The van der Waals surface area contributed by atoms with Crippen LogP contribution in [0.25, 0.3) is 0 Å². The minimum Gasteiger partial charge on any atom is -0.464 e. The van der Waals surface area contributed by atoms with E-state index >= 15 is 0 Å². The van der Waals surface area contributed by atoms with Crippen molar-refractivity contribution in [1.82, 2.24) is 10.2 Å². The molecule has 2 rings (SSSR count). The number of hydrogen-bond acceptors (Lipinski definition) is 4. The number of likely N-dealkylation sites (tertiary alicyclic amines) is 1. The monoisotopic (exact) mass is 296 g/mol. The van der Waals surface area contributed by atoms with Gasteiger partial charge in [0.25, 0.3) is 0 Å². The summed E-state index contributed by atoms with van der Waals surface area (Å²) in [4.78, 5) is 26.2. The normalized spacial score (nSPS) is 23.9.